The molecule has 15 aromatic carbocycles. The zero-order valence-corrected chi connectivity index (χ0v) is 75.1. The van der Waals surface area contributed by atoms with Crippen molar-refractivity contribution in [2.45, 2.75) is 183 Å². The van der Waals surface area contributed by atoms with Gasteiger partial charge in [0.25, 0.3) is 6.71 Å². The third kappa shape index (κ3) is 13.1. The smallest absolute Gasteiger partial charge is 0.252 e. The highest BCUT2D eigenvalue weighted by molar-refractivity contribution is 7.00. The molecule has 0 saturated heterocycles. The average molecular weight is 1610 g/mol. The van der Waals surface area contributed by atoms with Gasteiger partial charge in [0, 0.05) is 83.0 Å². The molecule has 3 aromatic heterocycles. The molecule has 0 unspecified atom stereocenters. The second-order valence-electron chi connectivity index (χ2n) is 42.1. The highest BCUT2D eigenvalue weighted by atomic mass is 15.2. The zero-order valence-electron chi connectivity index (χ0n) is 83.1. The van der Waals surface area contributed by atoms with Crippen LogP contribution in [-0.2, 0) is 37.9 Å². The molecule has 18 aromatic rings. The molecule has 20 rings (SSSR count). The van der Waals surface area contributed by atoms with Crippen molar-refractivity contribution in [3.63, 3.8) is 0 Å². The molecule has 0 saturated carbocycles. The quantitative estimate of drug-likeness (QED) is 0.148. The summed E-state index contributed by atoms with van der Waals surface area (Å²) in [5.74, 6) is 0. The Labute approximate surface area is 739 Å². The minimum absolute atomic E-state index is 0.00795. The van der Waals surface area contributed by atoms with Gasteiger partial charge in [-0.1, -0.05) is 376 Å². The Bertz CT molecular complexity index is 7840. The van der Waals surface area contributed by atoms with Crippen LogP contribution < -0.4 is 26.2 Å². The second kappa shape index (κ2) is 28.1. The Balaban J connectivity index is 1.08. The molecule has 0 amide bonds. The van der Waals surface area contributed by atoms with Crippen molar-refractivity contribution in [2.75, 3.05) is 9.80 Å². The molecule has 0 fully saturated rings. The van der Waals surface area contributed by atoms with Crippen molar-refractivity contribution in [3.8, 4) is 50.2 Å². The van der Waals surface area contributed by atoms with Crippen LogP contribution >= 0.6 is 0 Å². The minimum atomic E-state index is -0.622. The summed E-state index contributed by atoms with van der Waals surface area (Å²) >= 11 is 0. The van der Waals surface area contributed by atoms with Crippen LogP contribution in [0.3, 0.4) is 0 Å². The normalized spacial score (nSPS) is 14.4. The van der Waals surface area contributed by atoms with Gasteiger partial charge in [-0.05, 0) is 210 Å². The van der Waals surface area contributed by atoms with Crippen molar-refractivity contribution in [1.29, 1.82) is 0 Å². The first-order valence-corrected chi connectivity index (χ1v) is 43.9. The molecule has 4 nitrogen and oxygen atoms in total. The fraction of sp³-hybridized carbons (Fsp3) is 0.237. The van der Waals surface area contributed by atoms with Crippen molar-refractivity contribution in [3.05, 3.63) is 342 Å². The Morgan fingerprint density at radius 1 is 0.244 bits per heavy atom. The lowest BCUT2D eigenvalue weighted by Gasteiger charge is -2.47. The molecule has 608 valence electrons. The molecule has 0 N–H and O–H groups in total. The first-order valence-electron chi connectivity index (χ1n) is 47.9. The Morgan fingerprint density at radius 3 is 1.03 bits per heavy atom. The monoisotopic (exact) mass is 1600 g/mol. The first kappa shape index (κ1) is 70.1. The van der Waals surface area contributed by atoms with E-state index in [0.29, 0.717) is 5.69 Å². The maximum Gasteiger partial charge on any atom is 0.252 e. The van der Waals surface area contributed by atoms with E-state index in [1.54, 1.807) is 4.57 Å². The predicted octanol–water partition coefficient (Wildman–Crippen LogP) is 31.2. The van der Waals surface area contributed by atoms with Crippen LogP contribution in [0.5, 0.6) is 0 Å². The Morgan fingerprint density at radius 2 is 0.593 bits per heavy atom. The molecule has 0 radical (unpaired) electrons. The largest absolute Gasteiger partial charge is 0.310 e. The SMILES string of the molecule is [2H]c1c([2H])c([2H])c2c(c1[2H])c1c([2H])c([2H])c([2H])c([2H])c1n2-c1ccc2c(c1)N(c1c(-c3ccccc3)cc(C(C)(C)C)cc1-c1cc(C(C)(C)C)cc(C(C)(C)C)c1)c1cc(C(C)(C)C)cc3c1B2c1cc2c4ccccc4c4ccccc4c4cccc5c6ccccc6n(c2cc1N3c1c(-c2ccccc2)cc(C(C)(C)C)cc1-c1cc(C(C)(C)C)cc(C(C)(C)C)c1)c45. The summed E-state index contributed by atoms with van der Waals surface area (Å²) in [5, 5.41) is 8.82. The summed E-state index contributed by atoms with van der Waals surface area (Å²) in [6.07, 6.45) is 0. The molecular formula is C118H113BN4. The van der Waals surface area contributed by atoms with E-state index in [1.807, 2.05) is 6.07 Å². The average Bonchev–Trinajstić information content (AvgIpc) is 0.960. The Hall–Kier alpha value is -12.4. The Kier molecular flexibility index (Phi) is 16.0. The van der Waals surface area contributed by atoms with Gasteiger partial charge >= 0.3 is 0 Å². The zero-order chi connectivity index (χ0) is 92.8. The van der Waals surface area contributed by atoms with Gasteiger partial charge in [-0.25, -0.2) is 0 Å². The van der Waals surface area contributed by atoms with Crippen molar-refractivity contribution in [1.82, 2.24) is 8.97 Å². The van der Waals surface area contributed by atoms with Gasteiger partial charge in [-0.3, -0.25) is 0 Å². The lowest BCUT2D eigenvalue weighted by molar-refractivity contribution is 0.568. The minimum Gasteiger partial charge on any atom is -0.310 e. The topological polar surface area (TPSA) is 15.8 Å². The summed E-state index contributed by atoms with van der Waals surface area (Å²) in [6.45, 7) is 48.2. The van der Waals surface area contributed by atoms with Gasteiger partial charge in [0.05, 0.1) is 49.9 Å². The molecule has 5 heteroatoms. The van der Waals surface area contributed by atoms with E-state index >= 15 is 0 Å². The first-order chi connectivity index (χ1) is 61.8. The summed E-state index contributed by atoms with van der Waals surface area (Å²) in [4.78, 5) is 5.27. The summed E-state index contributed by atoms with van der Waals surface area (Å²) in [5.41, 5.74) is 26.3. The van der Waals surface area contributed by atoms with E-state index in [1.165, 1.54) is 27.8 Å². The summed E-state index contributed by atoms with van der Waals surface area (Å²) in [7, 11) is 0. The number of rotatable bonds is 7. The van der Waals surface area contributed by atoms with Gasteiger partial charge in [0.15, 0.2) is 0 Å². The van der Waals surface area contributed by atoms with Gasteiger partial charge < -0.3 is 18.8 Å². The number of fused-ring (bicyclic) bond motifs is 17. The molecule has 0 bridgehead atoms. The van der Waals surface area contributed by atoms with Crippen LogP contribution in [0.2, 0.25) is 0 Å². The lowest BCUT2D eigenvalue weighted by atomic mass is 9.33. The molecule has 0 atom stereocenters. The number of nitrogens with zero attached hydrogens (tertiary/aromatic N) is 4. The van der Waals surface area contributed by atoms with Gasteiger partial charge in [0.2, 0.25) is 0 Å². The van der Waals surface area contributed by atoms with E-state index in [0.717, 1.165) is 166 Å². The van der Waals surface area contributed by atoms with Gasteiger partial charge in [0.1, 0.15) is 0 Å². The van der Waals surface area contributed by atoms with E-state index < -0.39 is 53.8 Å². The maximum absolute atomic E-state index is 10.2. The van der Waals surface area contributed by atoms with Crippen molar-refractivity contribution in [2.24, 2.45) is 0 Å². The van der Waals surface area contributed by atoms with Crippen LogP contribution in [0, 0.1) is 0 Å². The standard InChI is InChI=1S/C118H113BN4/c1-112(2,3)76-57-74(58-77(61-76)113(4,5)6)95-65-80(116(13,14)15)63-93(72-39-24-22-25-40-72)110(95)122-104-69-83(120-100-52-35-32-47-88(100)89-48-33-36-53-101(89)120)55-56-98(104)119-99-70-97-87-46-31-29-44-85(87)84-43-28-30-45-86(84)91-50-38-51-92-90-49-34-37-54-102(90)121(109(91)92)103(97)71-105(99)123(107-68-82(118(19,20)21)67-106(122)108(107)119)111-94(73-41-26-23-27-42-73)64-81(117(16,17)18)66-96(111)75-59-78(114(7,8)9)62-79(60-75)115(10,11)12/h22-71H,1-21H3/i32D,33D,35D,36D,47D,48D,52D,53D. The van der Waals surface area contributed by atoms with E-state index in [-0.39, 0.29) is 61.0 Å². The second-order valence-corrected chi connectivity index (χ2v) is 42.1. The van der Waals surface area contributed by atoms with Gasteiger partial charge in [-0.15, -0.1) is 0 Å². The number of benzene rings is 15. The highest BCUT2D eigenvalue weighted by Gasteiger charge is 2.47. The number of hydrogen-bond donors (Lipinski definition) is 0. The van der Waals surface area contributed by atoms with Crippen LogP contribution in [0.4, 0.5) is 34.1 Å². The molecule has 2 aliphatic rings. The number of para-hydroxylation sites is 4. The van der Waals surface area contributed by atoms with Crippen molar-refractivity contribution < 1.29 is 11.0 Å². The predicted molar refractivity (Wildman–Crippen MR) is 535 cm³/mol. The fourth-order valence-corrected chi connectivity index (χ4v) is 19.6. The fourth-order valence-electron chi connectivity index (χ4n) is 19.6. The molecule has 123 heavy (non-hydrogen) atoms. The van der Waals surface area contributed by atoms with E-state index in [4.69, 9.17) is 0 Å². The molecule has 5 heterocycles. The van der Waals surface area contributed by atoms with Crippen LogP contribution in [0.25, 0.3) is 132 Å². The third-order valence-corrected chi connectivity index (χ3v) is 26.5. The maximum atomic E-state index is 10.2. The van der Waals surface area contributed by atoms with Crippen LogP contribution in [-0.4, -0.2) is 15.7 Å². The number of hydrogen-bond acceptors (Lipinski definition) is 2. The highest BCUT2D eigenvalue weighted by Crippen LogP contribution is 2.57. The van der Waals surface area contributed by atoms with E-state index in [9.17, 15) is 11.0 Å². The molecular weight excluding hydrogens is 1480 g/mol. The number of aromatic nitrogens is 2. The molecule has 2 aliphatic heterocycles. The van der Waals surface area contributed by atoms with E-state index in [2.05, 4.69) is 408 Å². The molecule has 0 aliphatic carbocycles. The van der Waals surface area contributed by atoms with Crippen LogP contribution in [0.15, 0.2) is 303 Å². The summed E-state index contributed by atoms with van der Waals surface area (Å²) < 4.78 is 82.2. The lowest BCUT2D eigenvalue weighted by Crippen LogP contribution is -2.61. The number of anilines is 6. The third-order valence-electron chi connectivity index (χ3n) is 26.5. The summed E-state index contributed by atoms with van der Waals surface area (Å²) in [6, 6.07) is 93.3. The molecule has 0 spiro atoms. The van der Waals surface area contributed by atoms with Crippen LogP contribution in [0.1, 0.15) is 195 Å². The van der Waals surface area contributed by atoms with Crippen molar-refractivity contribution >= 4 is 139 Å². The van der Waals surface area contributed by atoms with Gasteiger partial charge in [-0.2, -0.15) is 0 Å².